The van der Waals surface area contributed by atoms with E-state index >= 15 is 0 Å². The van der Waals surface area contributed by atoms with Crippen molar-refractivity contribution in [1.29, 1.82) is 0 Å². The monoisotopic (exact) mass is 378 g/mol. The number of pyridine rings is 1. The molecule has 3 aromatic rings. The summed E-state index contributed by atoms with van der Waals surface area (Å²) in [6, 6.07) is 13.7. The fourth-order valence-corrected chi connectivity index (χ4v) is 3.29. The van der Waals surface area contributed by atoms with E-state index in [9.17, 15) is 4.79 Å². The molecule has 1 N–H and O–H groups in total. The Morgan fingerprint density at radius 1 is 1.07 bits per heavy atom. The third kappa shape index (κ3) is 4.31. The van der Waals surface area contributed by atoms with Crippen molar-refractivity contribution in [2.45, 2.75) is 20.3 Å². The molecule has 5 heteroatoms. The van der Waals surface area contributed by atoms with E-state index in [1.807, 2.05) is 50.2 Å². The molecule has 3 rings (SSSR count). The fraction of sp³-hybridized carbons (Fsp3) is 0.304. The van der Waals surface area contributed by atoms with Gasteiger partial charge in [-0.3, -0.25) is 4.79 Å². The van der Waals surface area contributed by atoms with Gasteiger partial charge in [0, 0.05) is 31.2 Å². The van der Waals surface area contributed by atoms with E-state index in [0.717, 1.165) is 45.5 Å². The molecule has 0 atom stereocenters. The van der Waals surface area contributed by atoms with Crippen LogP contribution >= 0.6 is 0 Å². The summed E-state index contributed by atoms with van der Waals surface area (Å²) in [4.78, 5) is 17.8. The lowest BCUT2D eigenvalue weighted by molar-refractivity contribution is 0.0950. The number of nitrogens with one attached hydrogen (secondary N) is 1. The Balaban J connectivity index is 2.07. The maximum absolute atomic E-state index is 12.9. The Bertz CT molecular complexity index is 981. The van der Waals surface area contributed by atoms with Crippen LogP contribution in [0.4, 0.5) is 0 Å². The van der Waals surface area contributed by atoms with E-state index in [1.165, 1.54) is 0 Å². The molecule has 0 aliphatic heterocycles. The first-order valence-corrected chi connectivity index (χ1v) is 9.37. The topological polar surface area (TPSA) is 60.5 Å². The van der Waals surface area contributed by atoms with Crippen molar-refractivity contribution in [3.05, 3.63) is 59.2 Å². The molecule has 2 aromatic carbocycles. The summed E-state index contributed by atoms with van der Waals surface area (Å²) in [7, 11) is 3.30. The minimum absolute atomic E-state index is 0.0942. The largest absolute Gasteiger partial charge is 0.497 e. The van der Waals surface area contributed by atoms with Crippen LogP contribution in [-0.4, -0.2) is 38.3 Å². The van der Waals surface area contributed by atoms with E-state index in [1.54, 1.807) is 14.2 Å². The van der Waals surface area contributed by atoms with Crippen molar-refractivity contribution in [2.75, 3.05) is 27.4 Å². The number of carbonyl (C=O) groups excluding carboxylic acids is 1. The highest BCUT2D eigenvalue weighted by molar-refractivity contribution is 6.08. The second-order valence-corrected chi connectivity index (χ2v) is 6.86. The van der Waals surface area contributed by atoms with Crippen LogP contribution in [-0.2, 0) is 4.74 Å². The number of aryl methyl sites for hydroxylation is 2. The summed E-state index contributed by atoms with van der Waals surface area (Å²) in [5, 5.41) is 3.87. The van der Waals surface area contributed by atoms with E-state index < -0.39 is 0 Å². The number of methoxy groups -OCH3 is 2. The maximum Gasteiger partial charge on any atom is 0.252 e. The number of nitrogens with zero attached hydrogens (tertiary/aromatic N) is 1. The number of carbonyl (C=O) groups is 1. The van der Waals surface area contributed by atoms with Crippen LogP contribution in [0.2, 0.25) is 0 Å². The molecule has 28 heavy (non-hydrogen) atoms. The smallest absolute Gasteiger partial charge is 0.252 e. The predicted octanol–water partition coefficient (Wildman–Crippen LogP) is 4.29. The van der Waals surface area contributed by atoms with Gasteiger partial charge in [0.15, 0.2) is 0 Å². The van der Waals surface area contributed by atoms with Crippen molar-refractivity contribution >= 4 is 16.8 Å². The number of ether oxygens (including phenoxy) is 2. The zero-order valence-corrected chi connectivity index (χ0v) is 16.8. The van der Waals surface area contributed by atoms with Crippen molar-refractivity contribution in [3.63, 3.8) is 0 Å². The van der Waals surface area contributed by atoms with E-state index in [4.69, 9.17) is 14.5 Å². The number of aromatic nitrogens is 1. The number of rotatable bonds is 7. The normalized spacial score (nSPS) is 10.9. The van der Waals surface area contributed by atoms with Crippen LogP contribution in [0.15, 0.2) is 42.5 Å². The summed E-state index contributed by atoms with van der Waals surface area (Å²) in [6.07, 6.45) is 0.772. The van der Waals surface area contributed by atoms with Crippen LogP contribution in [0, 0.1) is 13.8 Å². The van der Waals surface area contributed by atoms with Gasteiger partial charge < -0.3 is 14.8 Å². The number of fused-ring (bicyclic) bond motifs is 1. The highest BCUT2D eigenvalue weighted by atomic mass is 16.5. The minimum atomic E-state index is -0.0942. The van der Waals surface area contributed by atoms with Gasteiger partial charge in [-0.05, 0) is 62.2 Å². The highest BCUT2D eigenvalue weighted by Crippen LogP contribution is 2.28. The lowest BCUT2D eigenvalue weighted by atomic mass is 9.99. The SMILES string of the molecule is COCCCNC(=O)c1cc(-c2ccc(OC)cc2)nc2c(C)cc(C)cc12. The first-order valence-electron chi connectivity index (χ1n) is 9.37. The van der Waals surface area contributed by atoms with Gasteiger partial charge in [0.2, 0.25) is 0 Å². The zero-order chi connectivity index (χ0) is 20.1. The summed E-state index contributed by atoms with van der Waals surface area (Å²) in [5.74, 6) is 0.690. The fourth-order valence-electron chi connectivity index (χ4n) is 3.29. The van der Waals surface area contributed by atoms with Crippen LogP contribution in [0.25, 0.3) is 22.2 Å². The molecule has 0 radical (unpaired) electrons. The molecule has 0 saturated heterocycles. The number of benzene rings is 2. The highest BCUT2D eigenvalue weighted by Gasteiger charge is 2.15. The van der Waals surface area contributed by atoms with Crippen LogP contribution in [0.3, 0.4) is 0 Å². The molecule has 1 aromatic heterocycles. The Morgan fingerprint density at radius 2 is 1.82 bits per heavy atom. The Kier molecular flexibility index (Phi) is 6.26. The van der Waals surface area contributed by atoms with Gasteiger partial charge in [-0.2, -0.15) is 0 Å². The van der Waals surface area contributed by atoms with Crippen LogP contribution in [0.1, 0.15) is 27.9 Å². The first-order chi connectivity index (χ1) is 13.5. The second-order valence-electron chi connectivity index (χ2n) is 6.86. The predicted molar refractivity (Wildman–Crippen MR) is 112 cm³/mol. The van der Waals surface area contributed by atoms with Gasteiger partial charge in [0.1, 0.15) is 5.75 Å². The molecule has 0 aliphatic rings. The second kappa shape index (κ2) is 8.85. The van der Waals surface area contributed by atoms with E-state index in [0.29, 0.717) is 18.7 Å². The maximum atomic E-state index is 12.9. The third-order valence-corrected chi connectivity index (χ3v) is 4.69. The van der Waals surface area contributed by atoms with Crippen LogP contribution < -0.4 is 10.1 Å². The molecule has 0 aliphatic carbocycles. The molecule has 0 bridgehead atoms. The van der Waals surface area contributed by atoms with E-state index in [-0.39, 0.29) is 5.91 Å². The standard InChI is InChI=1S/C23H26N2O3/c1-15-12-16(2)22-19(13-15)20(23(26)24-10-5-11-27-3)14-21(25-22)17-6-8-18(28-4)9-7-17/h6-9,12-14H,5,10-11H2,1-4H3,(H,24,26). The number of hydrogen-bond donors (Lipinski definition) is 1. The average Bonchev–Trinajstić information content (AvgIpc) is 2.70. The Hall–Kier alpha value is -2.92. The van der Waals surface area contributed by atoms with Gasteiger partial charge in [-0.25, -0.2) is 4.98 Å². The van der Waals surface area contributed by atoms with Gasteiger partial charge in [-0.15, -0.1) is 0 Å². The molecule has 1 amide bonds. The lowest BCUT2D eigenvalue weighted by Crippen LogP contribution is -2.25. The van der Waals surface area contributed by atoms with Gasteiger partial charge >= 0.3 is 0 Å². The zero-order valence-electron chi connectivity index (χ0n) is 16.8. The summed E-state index contributed by atoms with van der Waals surface area (Å²) < 4.78 is 10.3. The van der Waals surface area contributed by atoms with Crippen molar-refractivity contribution in [1.82, 2.24) is 10.3 Å². The van der Waals surface area contributed by atoms with Gasteiger partial charge in [0.05, 0.1) is 23.9 Å². The Morgan fingerprint density at radius 3 is 2.50 bits per heavy atom. The molecule has 5 nitrogen and oxygen atoms in total. The molecular weight excluding hydrogens is 352 g/mol. The van der Waals surface area contributed by atoms with Crippen molar-refractivity contribution in [2.24, 2.45) is 0 Å². The lowest BCUT2D eigenvalue weighted by Gasteiger charge is -2.13. The van der Waals surface area contributed by atoms with Crippen molar-refractivity contribution < 1.29 is 14.3 Å². The molecule has 0 unspecified atom stereocenters. The molecule has 0 saturated carbocycles. The summed E-state index contributed by atoms with van der Waals surface area (Å²) >= 11 is 0. The molecule has 0 fully saturated rings. The van der Waals surface area contributed by atoms with Gasteiger partial charge in [-0.1, -0.05) is 11.6 Å². The molecule has 1 heterocycles. The Labute approximate surface area is 165 Å². The summed E-state index contributed by atoms with van der Waals surface area (Å²) in [6.45, 7) is 5.25. The van der Waals surface area contributed by atoms with E-state index in [2.05, 4.69) is 11.4 Å². The quantitative estimate of drug-likeness (QED) is 0.623. The number of hydrogen-bond acceptors (Lipinski definition) is 4. The number of amides is 1. The third-order valence-electron chi connectivity index (χ3n) is 4.69. The average molecular weight is 378 g/mol. The minimum Gasteiger partial charge on any atom is -0.497 e. The van der Waals surface area contributed by atoms with Crippen molar-refractivity contribution in [3.8, 4) is 17.0 Å². The molecular formula is C23H26N2O3. The summed E-state index contributed by atoms with van der Waals surface area (Å²) in [5.41, 5.74) is 5.36. The van der Waals surface area contributed by atoms with Crippen LogP contribution in [0.5, 0.6) is 5.75 Å². The molecule has 0 spiro atoms. The molecule has 146 valence electrons. The van der Waals surface area contributed by atoms with Gasteiger partial charge in [0.25, 0.3) is 5.91 Å². The first kappa shape index (κ1) is 19.8.